The molecule has 0 bridgehead atoms. The Kier molecular flexibility index (Phi) is 5.83. The average Bonchev–Trinajstić information content (AvgIpc) is 2.43. The Bertz CT molecular complexity index is 516. The number of ether oxygens (including phenoxy) is 2. The normalized spacial score (nSPS) is 11.7. The summed E-state index contributed by atoms with van der Waals surface area (Å²) in [4.78, 5) is 22.9. The first kappa shape index (κ1) is 16.6. The molecule has 1 atom stereocenters. The van der Waals surface area contributed by atoms with E-state index in [4.69, 9.17) is 14.6 Å². The molecule has 0 aliphatic rings. The number of carboxylic acid groups (broad SMARTS) is 1. The summed E-state index contributed by atoms with van der Waals surface area (Å²) in [7, 11) is 3.00. The topological polar surface area (TPSA) is 96.9 Å². The number of carbonyl (C=O) groups excluding carboxylic acids is 1. The number of carbonyl (C=O) groups is 2. The minimum absolute atomic E-state index is 0.223. The van der Waals surface area contributed by atoms with Gasteiger partial charge in [-0.3, -0.25) is 0 Å². The molecule has 116 valence electrons. The Labute approximate surface area is 123 Å². The fraction of sp³-hybridized carbons (Fsp3) is 0.429. The largest absolute Gasteiger partial charge is 0.493 e. The second-order valence-corrected chi connectivity index (χ2v) is 4.73. The maximum Gasteiger partial charge on any atom is 0.326 e. The van der Waals surface area contributed by atoms with Gasteiger partial charge in [-0.1, -0.05) is 13.8 Å². The lowest BCUT2D eigenvalue weighted by Crippen LogP contribution is -2.46. The van der Waals surface area contributed by atoms with Crippen LogP contribution in [0.3, 0.4) is 0 Å². The van der Waals surface area contributed by atoms with E-state index in [0.717, 1.165) is 0 Å². The van der Waals surface area contributed by atoms with Crippen molar-refractivity contribution in [2.75, 3.05) is 19.5 Å². The molecule has 1 rings (SSSR count). The highest BCUT2D eigenvalue weighted by Crippen LogP contribution is 2.29. The van der Waals surface area contributed by atoms with Crippen molar-refractivity contribution in [3.05, 3.63) is 18.2 Å². The van der Waals surface area contributed by atoms with Crippen LogP contribution in [0.5, 0.6) is 11.5 Å². The molecule has 3 N–H and O–H groups in total. The molecule has 0 aliphatic heterocycles. The van der Waals surface area contributed by atoms with E-state index in [1.54, 1.807) is 32.0 Å². The van der Waals surface area contributed by atoms with Crippen molar-refractivity contribution in [3.8, 4) is 11.5 Å². The lowest BCUT2D eigenvalue weighted by atomic mass is 10.1. The third-order valence-corrected chi connectivity index (χ3v) is 2.86. The third kappa shape index (κ3) is 4.55. The molecule has 1 aromatic carbocycles. The summed E-state index contributed by atoms with van der Waals surface area (Å²) in [6.45, 7) is 3.44. The smallest absolute Gasteiger partial charge is 0.326 e. The Morgan fingerprint density at radius 3 is 2.24 bits per heavy atom. The van der Waals surface area contributed by atoms with E-state index in [0.29, 0.717) is 17.2 Å². The van der Waals surface area contributed by atoms with Crippen LogP contribution in [0.4, 0.5) is 10.5 Å². The Morgan fingerprint density at radius 2 is 1.76 bits per heavy atom. The number of hydrogen-bond acceptors (Lipinski definition) is 4. The number of methoxy groups -OCH3 is 2. The van der Waals surface area contributed by atoms with Crippen molar-refractivity contribution in [2.45, 2.75) is 19.9 Å². The molecule has 1 aromatic rings. The monoisotopic (exact) mass is 296 g/mol. The summed E-state index contributed by atoms with van der Waals surface area (Å²) in [6.07, 6.45) is 0. The minimum Gasteiger partial charge on any atom is -0.493 e. The summed E-state index contributed by atoms with van der Waals surface area (Å²) >= 11 is 0. The zero-order chi connectivity index (χ0) is 16.0. The van der Waals surface area contributed by atoms with Crippen LogP contribution in [0.25, 0.3) is 0 Å². The molecule has 0 aromatic heterocycles. The van der Waals surface area contributed by atoms with Crippen LogP contribution in [0, 0.1) is 5.92 Å². The number of anilines is 1. The second kappa shape index (κ2) is 7.37. The molecule has 21 heavy (non-hydrogen) atoms. The molecule has 0 saturated heterocycles. The molecule has 0 spiro atoms. The first-order valence-electron chi connectivity index (χ1n) is 6.41. The number of nitrogens with one attached hydrogen (secondary N) is 2. The van der Waals surface area contributed by atoms with E-state index >= 15 is 0 Å². The lowest BCUT2D eigenvalue weighted by molar-refractivity contribution is -0.140. The molecular formula is C14H20N2O5. The summed E-state index contributed by atoms with van der Waals surface area (Å²) in [5.41, 5.74) is 0.470. The molecular weight excluding hydrogens is 276 g/mol. The molecule has 7 nitrogen and oxygen atoms in total. The van der Waals surface area contributed by atoms with Crippen LogP contribution in [0.1, 0.15) is 13.8 Å². The quantitative estimate of drug-likeness (QED) is 0.745. The van der Waals surface area contributed by atoms with Crippen molar-refractivity contribution >= 4 is 17.7 Å². The lowest BCUT2D eigenvalue weighted by Gasteiger charge is -2.18. The third-order valence-electron chi connectivity index (χ3n) is 2.86. The standard InChI is InChI=1S/C14H20N2O5/c1-8(2)12(13(17)18)16-14(19)15-9-5-6-10(20-3)11(7-9)21-4/h5-8,12H,1-4H3,(H,17,18)(H2,15,16,19)/t12-/m1/s1. The predicted octanol–water partition coefficient (Wildman–Crippen LogP) is 1.93. The van der Waals surface area contributed by atoms with Crippen molar-refractivity contribution in [2.24, 2.45) is 5.92 Å². The zero-order valence-corrected chi connectivity index (χ0v) is 12.5. The van der Waals surface area contributed by atoms with Gasteiger partial charge in [0, 0.05) is 11.8 Å². The highest BCUT2D eigenvalue weighted by molar-refractivity contribution is 5.92. The zero-order valence-electron chi connectivity index (χ0n) is 12.5. The number of aliphatic carboxylic acids is 1. The molecule has 0 radical (unpaired) electrons. The predicted molar refractivity (Wildman–Crippen MR) is 78.0 cm³/mol. The van der Waals surface area contributed by atoms with E-state index < -0.39 is 18.0 Å². The summed E-state index contributed by atoms with van der Waals surface area (Å²) in [5.74, 6) is -0.297. The number of hydrogen-bond donors (Lipinski definition) is 3. The fourth-order valence-corrected chi connectivity index (χ4v) is 1.74. The van der Waals surface area contributed by atoms with Crippen LogP contribution in [0.15, 0.2) is 18.2 Å². The van der Waals surface area contributed by atoms with Gasteiger partial charge in [0.05, 0.1) is 14.2 Å². The van der Waals surface area contributed by atoms with Gasteiger partial charge in [-0.15, -0.1) is 0 Å². The number of rotatable bonds is 6. The average molecular weight is 296 g/mol. The minimum atomic E-state index is -1.08. The highest BCUT2D eigenvalue weighted by atomic mass is 16.5. The SMILES string of the molecule is COc1ccc(NC(=O)N[C@@H](C(=O)O)C(C)C)cc1OC. The Balaban J connectivity index is 2.77. The van der Waals surface area contributed by atoms with Crippen LogP contribution in [-0.4, -0.2) is 37.4 Å². The molecule has 0 fully saturated rings. The van der Waals surface area contributed by atoms with E-state index in [-0.39, 0.29) is 5.92 Å². The Morgan fingerprint density at radius 1 is 1.14 bits per heavy atom. The first-order chi connectivity index (χ1) is 9.88. The van der Waals surface area contributed by atoms with Gasteiger partial charge in [0.25, 0.3) is 0 Å². The van der Waals surface area contributed by atoms with E-state index in [9.17, 15) is 9.59 Å². The van der Waals surface area contributed by atoms with Crippen LogP contribution in [-0.2, 0) is 4.79 Å². The van der Waals surface area contributed by atoms with Crippen LogP contribution < -0.4 is 20.1 Å². The van der Waals surface area contributed by atoms with Gasteiger partial charge in [-0.2, -0.15) is 0 Å². The van der Waals surface area contributed by atoms with Gasteiger partial charge in [-0.25, -0.2) is 9.59 Å². The van der Waals surface area contributed by atoms with Gasteiger partial charge in [0.2, 0.25) is 0 Å². The molecule has 0 unspecified atom stereocenters. The van der Waals surface area contributed by atoms with E-state index in [1.807, 2.05) is 0 Å². The van der Waals surface area contributed by atoms with Gasteiger partial charge in [-0.05, 0) is 18.1 Å². The molecule has 7 heteroatoms. The van der Waals surface area contributed by atoms with Gasteiger partial charge in [0.15, 0.2) is 11.5 Å². The maximum absolute atomic E-state index is 11.8. The van der Waals surface area contributed by atoms with Crippen molar-refractivity contribution in [1.29, 1.82) is 0 Å². The number of urea groups is 1. The van der Waals surface area contributed by atoms with Gasteiger partial charge in [0.1, 0.15) is 6.04 Å². The molecule has 0 heterocycles. The van der Waals surface area contributed by atoms with E-state index in [1.165, 1.54) is 14.2 Å². The Hall–Kier alpha value is -2.44. The van der Waals surface area contributed by atoms with Gasteiger partial charge < -0.3 is 25.2 Å². The highest BCUT2D eigenvalue weighted by Gasteiger charge is 2.23. The summed E-state index contributed by atoms with van der Waals surface area (Å²) < 4.78 is 10.2. The number of amides is 2. The van der Waals surface area contributed by atoms with Crippen LogP contribution in [0.2, 0.25) is 0 Å². The maximum atomic E-state index is 11.8. The molecule has 0 saturated carbocycles. The second-order valence-electron chi connectivity index (χ2n) is 4.73. The van der Waals surface area contributed by atoms with E-state index in [2.05, 4.69) is 10.6 Å². The number of benzene rings is 1. The van der Waals surface area contributed by atoms with Crippen molar-refractivity contribution < 1.29 is 24.2 Å². The summed E-state index contributed by atoms with van der Waals surface area (Å²) in [6, 6.07) is 3.31. The molecule has 0 aliphatic carbocycles. The first-order valence-corrected chi connectivity index (χ1v) is 6.41. The molecule has 2 amide bonds. The van der Waals surface area contributed by atoms with Crippen molar-refractivity contribution in [3.63, 3.8) is 0 Å². The van der Waals surface area contributed by atoms with Crippen molar-refractivity contribution in [1.82, 2.24) is 5.32 Å². The fourth-order valence-electron chi connectivity index (χ4n) is 1.74. The number of carboxylic acids is 1. The van der Waals surface area contributed by atoms with Crippen LogP contribution >= 0.6 is 0 Å². The summed E-state index contributed by atoms with van der Waals surface area (Å²) in [5, 5.41) is 14.0. The van der Waals surface area contributed by atoms with Gasteiger partial charge >= 0.3 is 12.0 Å².